The highest BCUT2D eigenvalue weighted by molar-refractivity contribution is 7.89. The Bertz CT molecular complexity index is 1050. The second-order valence-electron chi connectivity index (χ2n) is 6.18. The van der Waals surface area contributed by atoms with Crippen molar-refractivity contribution < 1.29 is 32.2 Å². The molecule has 0 unspecified atom stereocenters. The number of carbonyl (C=O) groups excluding carboxylic acids is 1. The second kappa shape index (κ2) is 10.6. The molecule has 2 rings (SSSR count). The summed E-state index contributed by atoms with van der Waals surface area (Å²) in [5.41, 5.74) is 2.91. The van der Waals surface area contributed by atoms with E-state index in [-0.39, 0.29) is 10.6 Å². The molecule has 0 saturated carbocycles. The van der Waals surface area contributed by atoms with Crippen molar-refractivity contribution in [3.63, 3.8) is 0 Å². The second-order valence-corrected chi connectivity index (χ2v) is 8.22. The maximum atomic E-state index is 12.8. The van der Waals surface area contributed by atoms with Gasteiger partial charge in [0, 0.05) is 24.7 Å². The summed E-state index contributed by atoms with van der Waals surface area (Å²) in [7, 11) is 3.25. The zero-order chi connectivity index (χ0) is 23.0. The predicted molar refractivity (Wildman–Crippen MR) is 115 cm³/mol. The molecule has 0 saturated heterocycles. The van der Waals surface area contributed by atoms with E-state index < -0.39 is 22.5 Å². The van der Waals surface area contributed by atoms with Crippen LogP contribution < -0.4 is 24.4 Å². The summed E-state index contributed by atoms with van der Waals surface area (Å²) in [6.07, 6.45) is 1.39. The molecule has 0 aliphatic carbocycles. The van der Waals surface area contributed by atoms with E-state index in [9.17, 15) is 13.2 Å². The maximum Gasteiger partial charge on any atom is 0.255 e. The highest BCUT2D eigenvalue weighted by Gasteiger charge is 2.24. The van der Waals surface area contributed by atoms with Crippen molar-refractivity contribution in [3.05, 3.63) is 42.0 Å². The Balaban J connectivity index is 2.06. The topological polar surface area (TPSA) is 116 Å². The van der Waals surface area contributed by atoms with E-state index in [1.54, 1.807) is 18.2 Å². The van der Waals surface area contributed by atoms with Crippen molar-refractivity contribution in [2.75, 3.05) is 42.0 Å². The van der Waals surface area contributed by atoms with Crippen LogP contribution in [-0.2, 0) is 14.8 Å². The third-order valence-electron chi connectivity index (χ3n) is 4.26. The van der Waals surface area contributed by atoms with E-state index >= 15 is 0 Å². The fraction of sp³-hybridized carbons (Fsp3) is 0.300. The fourth-order valence-electron chi connectivity index (χ4n) is 2.58. The number of sulfonamides is 1. The van der Waals surface area contributed by atoms with E-state index in [1.165, 1.54) is 59.9 Å². The summed E-state index contributed by atoms with van der Waals surface area (Å²) in [6, 6.07) is 9.28. The molecule has 0 radical (unpaired) electrons. The lowest BCUT2D eigenvalue weighted by Gasteiger charge is -2.17. The minimum Gasteiger partial charge on any atom is -0.497 e. The Hall–Kier alpha value is -3.31. The Morgan fingerprint density at radius 3 is 2.26 bits per heavy atom. The van der Waals surface area contributed by atoms with Crippen LogP contribution in [0, 0.1) is 0 Å². The number of hydrogen-bond donors (Lipinski definition) is 1. The van der Waals surface area contributed by atoms with Gasteiger partial charge in [-0.15, -0.1) is 0 Å². The van der Waals surface area contributed by atoms with Crippen molar-refractivity contribution >= 4 is 22.1 Å². The van der Waals surface area contributed by atoms with Gasteiger partial charge in [-0.3, -0.25) is 4.79 Å². The number of benzene rings is 2. The summed E-state index contributed by atoms with van der Waals surface area (Å²) in [5, 5.41) is 3.86. The third-order valence-corrected chi connectivity index (χ3v) is 6.06. The highest BCUT2D eigenvalue weighted by atomic mass is 32.2. The molecular weight excluding hydrogens is 426 g/mol. The smallest absolute Gasteiger partial charge is 0.255 e. The molecule has 1 N–H and O–H groups in total. The molecule has 2 aromatic rings. The van der Waals surface area contributed by atoms with Gasteiger partial charge in [0.15, 0.2) is 11.5 Å². The van der Waals surface area contributed by atoms with Gasteiger partial charge in [-0.05, 0) is 24.3 Å². The first kappa shape index (κ1) is 24.0. The van der Waals surface area contributed by atoms with E-state index in [2.05, 4.69) is 10.5 Å². The number of nitrogens with zero attached hydrogens (tertiary/aromatic N) is 2. The average molecular weight is 452 g/mol. The van der Waals surface area contributed by atoms with E-state index in [1.807, 2.05) is 0 Å². The van der Waals surface area contributed by atoms with Crippen LogP contribution in [-0.4, -0.2) is 66.9 Å². The van der Waals surface area contributed by atoms with Crippen LogP contribution in [0.25, 0.3) is 0 Å². The summed E-state index contributed by atoms with van der Waals surface area (Å²) in [5.74, 6) is 1.16. The Morgan fingerprint density at radius 1 is 0.968 bits per heavy atom. The molecule has 31 heavy (non-hydrogen) atoms. The average Bonchev–Trinajstić information content (AvgIpc) is 2.78. The van der Waals surface area contributed by atoms with Crippen LogP contribution in [0.15, 0.2) is 46.4 Å². The number of carbonyl (C=O) groups is 1. The lowest BCUT2D eigenvalue weighted by atomic mass is 10.2. The molecule has 10 nitrogen and oxygen atoms in total. The Morgan fingerprint density at radius 2 is 1.65 bits per heavy atom. The molecule has 0 aromatic heterocycles. The monoisotopic (exact) mass is 451 g/mol. The largest absolute Gasteiger partial charge is 0.497 e. The van der Waals surface area contributed by atoms with Crippen molar-refractivity contribution in [1.82, 2.24) is 9.73 Å². The first-order chi connectivity index (χ1) is 14.8. The van der Waals surface area contributed by atoms with Crippen molar-refractivity contribution in [3.8, 4) is 23.0 Å². The number of rotatable bonds is 10. The molecule has 168 valence electrons. The lowest BCUT2D eigenvalue weighted by Crippen LogP contribution is -2.36. The predicted octanol–water partition coefficient (Wildman–Crippen LogP) is 1.49. The van der Waals surface area contributed by atoms with Gasteiger partial charge < -0.3 is 18.9 Å². The normalized spacial score (nSPS) is 11.4. The molecule has 0 fully saturated rings. The molecule has 0 aliphatic heterocycles. The van der Waals surface area contributed by atoms with Crippen molar-refractivity contribution in [1.29, 1.82) is 0 Å². The Labute approximate surface area is 181 Å². The van der Waals surface area contributed by atoms with Crippen LogP contribution in [0.1, 0.15) is 5.56 Å². The van der Waals surface area contributed by atoms with Gasteiger partial charge in [0.25, 0.3) is 5.91 Å². The van der Waals surface area contributed by atoms with Gasteiger partial charge in [-0.2, -0.15) is 9.41 Å². The van der Waals surface area contributed by atoms with Crippen LogP contribution in [0.4, 0.5) is 0 Å². The number of hydrogen-bond acceptors (Lipinski definition) is 8. The van der Waals surface area contributed by atoms with Crippen molar-refractivity contribution in [2.24, 2.45) is 5.10 Å². The first-order valence-corrected chi connectivity index (χ1v) is 10.4. The minimum atomic E-state index is -3.94. The van der Waals surface area contributed by atoms with Gasteiger partial charge in [0.05, 0.1) is 46.1 Å². The van der Waals surface area contributed by atoms with Gasteiger partial charge >= 0.3 is 0 Å². The number of amides is 1. The number of hydrazone groups is 1. The molecule has 0 bridgehead atoms. The molecule has 0 spiro atoms. The van der Waals surface area contributed by atoms with Crippen LogP contribution in [0.3, 0.4) is 0 Å². The molecule has 11 heteroatoms. The molecular formula is C20H25N3O7S. The summed E-state index contributed by atoms with van der Waals surface area (Å²) >= 11 is 0. The van der Waals surface area contributed by atoms with Crippen LogP contribution in [0.2, 0.25) is 0 Å². The summed E-state index contributed by atoms with van der Waals surface area (Å²) in [4.78, 5) is 12.1. The lowest BCUT2D eigenvalue weighted by molar-refractivity contribution is -0.121. The molecule has 0 heterocycles. The number of methoxy groups -OCH3 is 4. The Kier molecular flexibility index (Phi) is 8.22. The zero-order valence-electron chi connectivity index (χ0n) is 17.9. The quantitative estimate of drug-likeness (QED) is 0.430. The molecule has 1 amide bonds. The zero-order valence-corrected chi connectivity index (χ0v) is 18.7. The summed E-state index contributed by atoms with van der Waals surface area (Å²) < 4.78 is 47.0. The number of likely N-dealkylation sites (N-methyl/N-ethyl adjacent to an activating group) is 1. The van der Waals surface area contributed by atoms with E-state index in [0.29, 0.717) is 22.8 Å². The minimum absolute atomic E-state index is 0.0353. The van der Waals surface area contributed by atoms with Crippen LogP contribution >= 0.6 is 0 Å². The van der Waals surface area contributed by atoms with Gasteiger partial charge in [0.2, 0.25) is 10.0 Å². The first-order valence-electron chi connectivity index (χ1n) is 8.99. The van der Waals surface area contributed by atoms with Gasteiger partial charge in [-0.1, -0.05) is 0 Å². The molecule has 0 atom stereocenters. The van der Waals surface area contributed by atoms with E-state index in [4.69, 9.17) is 18.9 Å². The maximum absolute atomic E-state index is 12.8. The SMILES string of the molecule is COc1ccc(/C=N\NC(=O)CN(C)S(=O)(=O)c2ccc(OC)c(OC)c2)c(OC)c1. The van der Waals surface area contributed by atoms with Crippen molar-refractivity contribution in [2.45, 2.75) is 4.90 Å². The number of ether oxygens (including phenoxy) is 4. The number of nitrogens with one attached hydrogen (secondary N) is 1. The molecule has 2 aromatic carbocycles. The van der Waals surface area contributed by atoms with Gasteiger partial charge in [0.1, 0.15) is 11.5 Å². The van der Waals surface area contributed by atoms with Gasteiger partial charge in [-0.25, -0.2) is 13.8 Å². The fourth-order valence-corrected chi connectivity index (χ4v) is 3.72. The molecule has 0 aliphatic rings. The summed E-state index contributed by atoms with van der Waals surface area (Å²) in [6.45, 7) is -0.437. The third kappa shape index (κ3) is 5.86. The standard InChI is InChI=1S/C20H25N3O7S/c1-23(31(25,26)16-8-9-17(28-3)19(11-16)30-5)13-20(24)22-21-12-14-6-7-15(27-2)10-18(14)29-4/h6-12H,13H2,1-5H3,(H,22,24)/b21-12-. The van der Waals surface area contributed by atoms with E-state index in [0.717, 1.165) is 4.31 Å². The van der Waals surface area contributed by atoms with Crippen LogP contribution in [0.5, 0.6) is 23.0 Å². The highest BCUT2D eigenvalue weighted by Crippen LogP contribution is 2.30.